The van der Waals surface area contributed by atoms with Crippen LogP contribution in [0.1, 0.15) is 13.3 Å². The number of aliphatic carboxylic acids is 2. The molecule has 7 nitrogen and oxygen atoms in total. The fourth-order valence-electron chi connectivity index (χ4n) is 0.984. The number of aliphatic hydroxyl groups excluding tert-OH is 1. The zero-order valence-corrected chi connectivity index (χ0v) is 9.08. The molecule has 0 aliphatic heterocycles. The summed E-state index contributed by atoms with van der Waals surface area (Å²) < 4.78 is 0. The van der Waals surface area contributed by atoms with Gasteiger partial charge in [-0.2, -0.15) is 0 Å². The second-order valence-corrected chi connectivity index (χ2v) is 3.60. The number of carboxylic acid groups (broad SMARTS) is 2. The number of ketones is 1. The topological polar surface area (TPSA) is 138 Å². The molecule has 0 aromatic heterocycles. The van der Waals surface area contributed by atoms with Crippen molar-refractivity contribution >= 4 is 17.7 Å². The fourth-order valence-corrected chi connectivity index (χ4v) is 0.984. The van der Waals surface area contributed by atoms with Gasteiger partial charge in [0.05, 0.1) is 6.26 Å². The summed E-state index contributed by atoms with van der Waals surface area (Å²) in [5.74, 6) is -4.21. The number of hydrogen-bond donors (Lipinski definition) is 4. The predicted molar refractivity (Wildman–Crippen MR) is 57.3 cm³/mol. The van der Waals surface area contributed by atoms with Gasteiger partial charge in [0.15, 0.2) is 0 Å². The molecule has 0 aromatic carbocycles. The zero-order chi connectivity index (χ0) is 13.6. The lowest BCUT2D eigenvalue weighted by Gasteiger charge is -2.19. The highest BCUT2D eigenvalue weighted by molar-refractivity contribution is 6.37. The molecule has 0 aliphatic carbocycles. The lowest BCUT2D eigenvalue weighted by atomic mass is 9.93. The van der Waals surface area contributed by atoms with E-state index in [0.717, 1.165) is 6.08 Å². The summed E-state index contributed by atoms with van der Waals surface area (Å²) in [6.45, 7) is 1.21. The summed E-state index contributed by atoms with van der Waals surface area (Å²) >= 11 is 0. The summed E-state index contributed by atoms with van der Waals surface area (Å²) in [6.07, 6.45) is 2.00. The number of carboxylic acids is 2. The third-order valence-electron chi connectivity index (χ3n) is 1.88. The van der Waals surface area contributed by atoms with Crippen molar-refractivity contribution in [2.45, 2.75) is 18.9 Å². The number of nitrogens with two attached hydrogens (primary N) is 1. The first-order chi connectivity index (χ1) is 7.70. The van der Waals surface area contributed by atoms with Crippen molar-refractivity contribution in [3.05, 3.63) is 24.0 Å². The zero-order valence-electron chi connectivity index (χ0n) is 9.08. The minimum absolute atomic E-state index is 0.00676. The van der Waals surface area contributed by atoms with Crippen molar-refractivity contribution in [3.8, 4) is 0 Å². The first-order valence-electron chi connectivity index (χ1n) is 4.51. The van der Waals surface area contributed by atoms with E-state index >= 15 is 0 Å². The number of carbonyl (C=O) groups is 3. The van der Waals surface area contributed by atoms with Crippen molar-refractivity contribution in [2.24, 2.45) is 5.73 Å². The standard InChI is InChI=1S/C10H13NO6/c1-10(11,9(16)17)5-6(2-3-12)4-7(13)8(14)15/h2-4,12H,5,11H2,1H3,(H,14,15)(H,16,17)/t10-/m0/s1. The van der Waals surface area contributed by atoms with Crippen LogP contribution in [0, 0.1) is 0 Å². The van der Waals surface area contributed by atoms with Crippen molar-refractivity contribution in [3.63, 3.8) is 0 Å². The summed E-state index contributed by atoms with van der Waals surface area (Å²) in [7, 11) is 0. The molecule has 17 heavy (non-hydrogen) atoms. The van der Waals surface area contributed by atoms with E-state index in [9.17, 15) is 14.4 Å². The Morgan fingerprint density at radius 1 is 1.29 bits per heavy atom. The minimum Gasteiger partial charge on any atom is -0.516 e. The van der Waals surface area contributed by atoms with E-state index in [2.05, 4.69) is 0 Å². The molecule has 0 spiro atoms. The Bertz CT molecular complexity index is 394. The third-order valence-corrected chi connectivity index (χ3v) is 1.88. The maximum Gasteiger partial charge on any atom is 0.376 e. The van der Waals surface area contributed by atoms with Gasteiger partial charge in [-0.25, -0.2) is 4.79 Å². The highest BCUT2D eigenvalue weighted by atomic mass is 16.4. The number of rotatable bonds is 6. The van der Waals surface area contributed by atoms with Gasteiger partial charge in [0, 0.05) is 6.42 Å². The summed E-state index contributed by atoms with van der Waals surface area (Å²) in [5, 5.41) is 25.7. The van der Waals surface area contributed by atoms with Crippen molar-refractivity contribution in [1.29, 1.82) is 0 Å². The molecule has 0 aromatic rings. The Morgan fingerprint density at radius 2 is 1.82 bits per heavy atom. The van der Waals surface area contributed by atoms with E-state index in [0.29, 0.717) is 12.3 Å². The van der Waals surface area contributed by atoms with Crippen molar-refractivity contribution in [2.75, 3.05) is 0 Å². The van der Waals surface area contributed by atoms with Gasteiger partial charge in [-0.05, 0) is 24.6 Å². The molecule has 0 saturated heterocycles. The van der Waals surface area contributed by atoms with Crippen molar-refractivity contribution in [1.82, 2.24) is 0 Å². The molecule has 94 valence electrons. The molecule has 1 atom stereocenters. The Morgan fingerprint density at radius 3 is 2.18 bits per heavy atom. The largest absolute Gasteiger partial charge is 0.516 e. The molecule has 0 saturated carbocycles. The molecule has 0 rings (SSSR count). The first-order valence-corrected chi connectivity index (χ1v) is 4.51. The molecule has 0 fully saturated rings. The maximum absolute atomic E-state index is 10.9. The van der Waals surface area contributed by atoms with Crippen LogP contribution in [0.4, 0.5) is 0 Å². The molecule has 0 bridgehead atoms. The monoisotopic (exact) mass is 243 g/mol. The van der Waals surface area contributed by atoms with Crippen LogP contribution in [0.2, 0.25) is 0 Å². The van der Waals surface area contributed by atoms with E-state index in [1.54, 1.807) is 0 Å². The van der Waals surface area contributed by atoms with Crippen LogP contribution in [0.3, 0.4) is 0 Å². The Kier molecular flexibility index (Phi) is 5.07. The van der Waals surface area contributed by atoms with Crippen LogP contribution >= 0.6 is 0 Å². The van der Waals surface area contributed by atoms with E-state index in [1.807, 2.05) is 0 Å². The SMILES string of the molecule is C[C@](N)(CC(C=CO)=CC(=O)C(=O)O)C(=O)O. The Hall–Kier alpha value is -2.15. The van der Waals surface area contributed by atoms with Gasteiger partial charge in [-0.1, -0.05) is 0 Å². The average Bonchev–Trinajstić information content (AvgIpc) is 2.16. The van der Waals surface area contributed by atoms with Crippen molar-refractivity contribution < 1.29 is 29.7 Å². The molecule has 5 N–H and O–H groups in total. The van der Waals surface area contributed by atoms with E-state index in [4.69, 9.17) is 21.1 Å². The molecule has 0 radical (unpaired) electrons. The molecule has 0 amide bonds. The lowest BCUT2D eigenvalue weighted by Crippen LogP contribution is -2.45. The van der Waals surface area contributed by atoms with Gasteiger partial charge in [0.1, 0.15) is 5.54 Å². The Balaban J connectivity index is 5.08. The van der Waals surface area contributed by atoms with Crippen LogP contribution in [0.25, 0.3) is 0 Å². The van der Waals surface area contributed by atoms with Crippen LogP contribution in [-0.2, 0) is 14.4 Å². The van der Waals surface area contributed by atoms with E-state index in [1.165, 1.54) is 6.92 Å². The number of aliphatic hydroxyl groups is 1. The highest BCUT2D eigenvalue weighted by Gasteiger charge is 2.29. The van der Waals surface area contributed by atoms with E-state index < -0.39 is 23.3 Å². The van der Waals surface area contributed by atoms with Gasteiger partial charge in [-0.15, -0.1) is 0 Å². The molecule has 0 aliphatic rings. The Labute approximate surface area is 96.9 Å². The third kappa shape index (κ3) is 4.94. The molecule has 7 heteroatoms. The molecular formula is C10H13NO6. The normalized spacial score (nSPS) is 15.5. The maximum atomic E-state index is 10.9. The number of carbonyl (C=O) groups excluding carboxylic acids is 1. The summed E-state index contributed by atoms with van der Waals surface area (Å²) in [6, 6.07) is 0. The summed E-state index contributed by atoms with van der Waals surface area (Å²) in [4.78, 5) is 32.0. The van der Waals surface area contributed by atoms with Crippen LogP contribution < -0.4 is 5.73 Å². The second-order valence-electron chi connectivity index (χ2n) is 3.60. The smallest absolute Gasteiger partial charge is 0.376 e. The first kappa shape index (κ1) is 14.8. The number of allylic oxidation sites excluding steroid dienone is 1. The number of hydrogen-bond acceptors (Lipinski definition) is 5. The molecule has 0 heterocycles. The molecular weight excluding hydrogens is 230 g/mol. The minimum atomic E-state index is -1.68. The average molecular weight is 243 g/mol. The molecule has 0 unspecified atom stereocenters. The van der Waals surface area contributed by atoms with Crippen LogP contribution in [0.15, 0.2) is 24.0 Å². The van der Waals surface area contributed by atoms with Gasteiger partial charge in [0.2, 0.25) is 0 Å². The fraction of sp³-hybridized carbons (Fsp3) is 0.300. The van der Waals surface area contributed by atoms with Crippen LogP contribution in [0.5, 0.6) is 0 Å². The van der Waals surface area contributed by atoms with E-state index in [-0.39, 0.29) is 12.0 Å². The highest BCUT2D eigenvalue weighted by Crippen LogP contribution is 2.15. The summed E-state index contributed by atoms with van der Waals surface area (Å²) in [5.41, 5.74) is 3.77. The quantitative estimate of drug-likeness (QED) is 0.220. The van der Waals surface area contributed by atoms with Crippen LogP contribution in [-0.4, -0.2) is 38.6 Å². The van der Waals surface area contributed by atoms with Gasteiger partial charge in [0.25, 0.3) is 5.78 Å². The lowest BCUT2D eigenvalue weighted by molar-refractivity contribution is -0.146. The second kappa shape index (κ2) is 5.80. The van der Waals surface area contributed by atoms with Gasteiger partial charge >= 0.3 is 11.9 Å². The van der Waals surface area contributed by atoms with Gasteiger partial charge in [-0.3, -0.25) is 9.59 Å². The van der Waals surface area contributed by atoms with Gasteiger partial charge < -0.3 is 21.1 Å². The predicted octanol–water partition coefficient (Wildman–Crippen LogP) is -0.170.